The predicted octanol–water partition coefficient (Wildman–Crippen LogP) is 4.00. The van der Waals surface area contributed by atoms with Crippen LogP contribution in [-0.4, -0.2) is 9.06 Å². The minimum atomic E-state index is 0.410. The van der Waals surface area contributed by atoms with E-state index in [9.17, 15) is 0 Å². The van der Waals surface area contributed by atoms with Crippen molar-refractivity contribution in [2.45, 2.75) is 17.4 Å². The van der Waals surface area contributed by atoms with Gasteiger partial charge in [-0.2, -0.15) is 0 Å². The third kappa shape index (κ3) is 2.13. The lowest BCUT2D eigenvalue weighted by atomic mass is 10.1. The van der Waals surface area contributed by atoms with Crippen molar-refractivity contribution in [3.05, 3.63) is 42.4 Å². The maximum Gasteiger partial charge on any atom is 0.181 e. The number of hydrogen-bond acceptors (Lipinski definition) is 4. The van der Waals surface area contributed by atoms with Crippen LogP contribution < -0.4 is 0 Å². The molecule has 0 atom stereocenters. The highest BCUT2D eigenvalue weighted by molar-refractivity contribution is 8.93. The minimum absolute atomic E-state index is 0.410. The van der Waals surface area contributed by atoms with Crippen LogP contribution in [0.15, 0.2) is 41.3 Å². The van der Waals surface area contributed by atoms with Crippen LogP contribution in [0.2, 0.25) is 0 Å². The van der Waals surface area contributed by atoms with Gasteiger partial charge in [-0.1, -0.05) is 45.9 Å². The smallest absolute Gasteiger partial charge is 0.181 e. The van der Waals surface area contributed by atoms with Gasteiger partial charge in [0.1, 0.15) is 0 Å². The molecule has 0 amide bonds. The first-order chi connectivity index (χ1) is 7.75. The van der Waals surface area contributed by atoms with E-state index in [-0.39, 0.29) is 0 Å². The van der Waals surface area contributed by atoms with Gasteiger partial charge < -0.3 is 4.42 Å². The fraction of sp³-hybridized carbons (Fsp3) is 0.250. The number of oxazole rings is 1. The van der Waals surface area contributed by atoms with Gasteiger partial charge in [-0.05, 0) is 18.9 Å². The summed E-state index contributed by atoms with van der Waals surface area (Å²) >= 11 is 0. The van der Waals surface area contributed by atoms with Gasteiger partial charge in [0.05, 0.1) is 10.3 Å². The molecule has 1 aromatic carbocycles. The summed E-state index contributed by atoms with van der Waals surface area (Å²) in [6.07, 6.45) is 4.32. The number of rotatable bonds is 3. The lowest BCUT2D eigenvalue weighted by Crippen LogP contribution is -2.02. The first kappa shape index (κ1) is 10.3. The number of aromatic nitrogens is 1. The Kier molecular flexibility index (Phi) is 2.48. The first-order valence-corrected chi connectivity index (χ1v) is 7.25. The second-order valence-corrected chi connectivity index (χ2v) is 7.43. The second-order valence-electron chi connectivity index (χ2n) is 4.04. The highest BCUT2D eigenvalue weighted by Crippen LogP contribution is 2.65. The van der Waals surface area contributed by atoms with Crippen molar-refractivity contribution in [3.8, 4) is 11.3 Å². The Morgan fingerprint density at radius 3 is 2.56 bits per heavy atom. The molecule has 2 heterocycles. The zero-order chi connectivity index (χ0) is 11.0. The molecule has 82 valence electrons. The van der Waals surface area contributed by atoms with Gasteiger partial charge in [0, 0.05) is 5.56 Å². The first-order valence-electron chi connectivity index (χ1n) is 5.10. The van der Waals surface area contributed by atoms with E-state index in [1.807, 2.05) is 21.6 Å². The van der Waals surface area contributed by atoms with Crippen LogP contribution in [0.25, 0.3) is 11.3 Å². The summed E-state index contributed by atoms with van der Waals surface area (Å²) in [5, 5.41) is 0. The molecular formula is C12H11NOS2. The maximum atomic E-state index is 5.25. The van der Waals surface area contributed by atoms with Crippen LogP contribution in [0.4, 0.5) is 0 Å². The lowest BCUT2D eigenvalue weighted by molar-refractivity contribution is 0.572. The van der Waals surface area contributed by atoms with E-state index in [4.69, 9.17) is 4.42 Å². The summed E-state index contributed by atoms with van der Waals surface area (Å²) < 4.78 is 5.66. The monoisotopic (exact) mass is 249 g/mol. The van der Waals surface area contributed by atoms with E-state index >= 15 is 0 Å². The van der Waals surface area contributed by atoms with Gasteiger partial charge >= 0.3 is 0 Å². The highest BCUT2D eigenvalue weighted by Gasteiger charge is 2.40. The van der Waals surface area contributed by atoms with Crippen molar-refractivity contribution in [3.63, 3.8) is 0 Å². The molecule has 2 aromatic rings. The van der Waals surface area contributed by atoms with Crippen LogP contribution in [-0.2, 0) is 6.42 Å². The van der Waals surface area contributed by atoms with Gasteiger partial charge in [0.25, 0.3) is 0 Å². The molecule has 0 N–H and O–H groups in total. The van der Waals surface area contributed by atoms with Crippen LogP contribution in [0.5, 0.6) is 0 Å². The zero-order valence-electron chi connectivity index (χ0n) is 8.84. The Morgan fingerprint density at radius 1 is 1.25 bits per heavy atom. The van der Waals surface area contributed by atoms with Gasteiger partial charge in [-0.25, -0.2) is 4.98 Å². The van der Waals surface area contributed by atoms with Crippen LogP contribution in [0, 0.1) is 0 Å². The molecule has 1 aromatic heterocycles. The molecule has 1 aliphatic heterocycles. The van der Waals surface area contributed by atoms with Crippen LogP contribution in [0.1, 0.15) is 12.5 Å². The van der Waals surface area contributed by atoms with E-state index in [1.54, 1.807) is 6.20 Å². The average molecular weight is 249 g/mol. The van der Waals surface area contributed by atoms with E-state index in [2.05, 4.69) is 36.2 Å². The molecule has 0 radical (unpaired) electrons. The summed E-state index contributed by atoms with van der Waals surface area (Å²) in [5.41, 5.74) is 2.46. The third-order valence-corrected chi connectivity index (χ3v) is 5.80. The molecule has 0 aliphatic carbocycles. The number of hydrogen-bond donors (Lipinski definition) is 0. The molecule has 1 aliphatic rings. The van der Waals surface area contributed by atoms with Crippen molar-refractivity contribution >= 4 is 21.6 Å². The molecule has 1 fully saturated rings. The molecule has 0 bridgehead atoms. The van der Waals surface area contributed by atoms with Gasteiger partial charge in [0.15, 0.2) is 12.2 Å². The molecule has 16 heavy (non-hydrogen) atoms. The normalized spacial score (nSPS) is 17.3. The molecule has 2 nitrogen and oxygen atoms in total. The fourth-order valence-electron chi connectivity index (χ4n) is 1.65. The number of nitrogens with zero attached hydrogens (tertiary/aromatic N) is 1. The Labute approximate surface area is 102 Å². The van der Waals surface area contributed by atoms with E-state index in [0.29, 0.717) is 4.08 Å². The lowest BCUT2D eigenvalue weighted by Gasteiger charge is -2.05. The van der Waals surface area contributed by atoms with Crippen molar-refractivity contribution in [1.82, 2.24) is 4.98 Å². The summed E-state index contributed by atoms with van der Waals surface area (Å²) in [6.45, 7) is 2.28. The molecule has 0 saturated carbocycles. The molecule has 3 rings (SSSR count). The molecular weight excluding hydrogens is 238 g/mol. The standard InChI is InChI=1S/C12H11NOS2/c1-12(15-16-12)6-9-2-4-10(5-3-9)11-7-13-8-14-11/h2-5,7-8H,6H2,1H3. The number of benzene rings is 1. The highest BCUT2D eigenvalue weighted by atomic mass is 33.2. The van der Waals surface area contributed by atoms with Crippen molar-refractivity contribution in [2.24, 2.45) is 0 Å². The van der Waals surface area contributed by atoms with E-state index < -0.39 is 0 Å². The van der Waals surface area contributed by atoms with Gasteiger partial charge in [-0.3, -0.25) is 0 Å². The van der Waals surface area contributed by atoms with Crippen molar-refractivity contribution in [1.29, 1.82) is 0 Å². The minimum Gasteiger partial charge on any atom is -0.444 e. The van der Waals surface area contributed by atoms with Crippen LogP contribution >= 0.6 is 21.6 Å². The summed E-state index contributed by atoms with van der Waals surface area (Å²) in [4.78, 5) is 3.92. The maximum absolute atomic E-state index is 5.25. The van der Waals surface area contributed by atoms with Crippen molar-refractivity contribution in [2.75, 3.05) is 0 Å². The summed E-state index contributed by atoms with van der Waals surface area (Å²) in [6, 6.07) is 8.53. The zero-order valence-corrected chi connectivity index (χ0v) is 10.5. The second kappa shape index (κ2) is 3.86. The molecule has 4 heteroatoms. The van der Waals surface area contributed by atoms with Gasteiger partial charge in [0.2, 0.25) is 0 Å². The van der Waals surface area contributed by atoms with E-state index in [0.717, 1.165) is 17.7 Å². The van der Waals surface area contributed by atoms with Crippen molar-refractivity contribution < 1.29 is 4.42 Å². The Balaban J connectivity index is 1.80. The Bertz CT molecular complexity index is 474. The predicted molar refractivity (Wildman–Crippen MR) is 69.2 cm³/mol. The Hall–Kier alpha value is -0.870. The topological polar surface area (TPSA) is 26.0 Å². The Morgan fingerprint density at radius 2 is 2.00 bits per heavy atom. The van der Waals surface area contributed by atoms with Crippen LogP contribution in [0.3, 0.4) is 0 Å². The average Bonchev–Trinajstić information content (AvgIpc) is 2.83. The molecule has 0 unspecified atom stereocenters. The fourth-order valence-corrected chi connectivity index (χ4v) is 3.02. The molecule has 1 saturated heterocycles. The summed E-state index contributed by atoms with van der Waals surface area (Å²) in [7, 11) is 3.91. The quantitative estimate of drug-likeness (QED) is 0.606. The van der Waals surface area contributed by atoms with Gasteiger partial charge in [-0.15, -0.1) is 0 Å². The largest absolute Gasteiger partial charge is 0.444 e. The SMILES string of the molecule is CC1(Cc2ccc(-c3cnco3)cc2)SS1. The van der Waals surface area contributed by atoms with E-state index in [1.165, 1.54) is 12.0 Å². The third-order valence-electron chi connectivity index (χ3n) is 2.56. The molecule has 0 spiro atoms. The summed E-state index contributed by atoms with van der Waals surface area (Å²) in [5.74, 6) is 0.827.